The van der Waals surface area contributed by atoms with Crippen LogP contribution in [0.25, 0.3) is 0 Å². The maximum absolute atomic E-state index is 5.83. The minimum atomic E-state index is 0.347. The summed E-state index contributed by atoms with van der Waals surface area (Å²) in [5.74, 6) is 0. The lowest BCUT2D eigenvalue weighted by Gasteiger charge is -2.11. The van der Waals surface area contributed by atoms with Crippen molar-refractivity contribution < 1.29 is 4.74 Å². The Morgan fingerprint density at radius 3 is 2.60 bits per heavy atom. The van der Waals surface area contributed by atoms with Gasteiger partial charge in [0.1, 0.15) is 0 Å². The van der Waals surface area contributed by atoms with E-state index in [2.05, 4.69) is 28.1 Å². The molecule has 1 aliphatic carbocycles. The van der Waals surface area contributed by atoms with Crippen LogP contribution < -0.4 is 5.73 Å². The molecule has 0 aliphatic heterocycles. The van der Waals surface area contributed by atoms with Crippen molar-refractivity contribution in [1.82, 2.24) is 0 Å². The fourth-order valence-electron chi connectivity index (χ4n) is 1.92. The molecule has 0 bridgehead atoms. The monoisotopic (exact) mass is 269 g/mol. The maximum atomic E-state index is 5.83. The summed E-state index contributed by atoms with van der Waals surface area (Å²) in [5, 5.41) is 0. The van der Waals surface area contributed by atoms with E-state index in [9.17, 15) is 0 Å². The summed E-state index contributed by atoms with van der Waals surface area (Å²) in [7, 11) is 0. The molecule has 2 rings (SSSR count). The number of nitrogens with two attached hydrogens (primary N) is 1. The van der Waals surface area contributed by atoms with Crippen molar-refractivity contribution in [3.05, 3.63) is 34.3 Å². The summed E-state index contributed by atoms with van der Waals surface area (Å²) >= 11 is 3.41. The Kier molecular flexibility index (Phi) is 3.78. The maximum Gasteiger partial charge on any atom is 0.0720 e. The molecule has 3 heteroatoms. The van der Waals surface area contributed by atoms with Gasteiger partial charge in [0, 0.05) is 10.5 Å². The molecule has 0 amide bonds. The second-order valence-electron chi connectivity index (χ2n) is 4.13. The number of halogens is 1. The Hall–Kier alpha value is -0.380. The zero-order valence-electron chi connectivity index (χ0n) is 8.66. The molecule has 2 nitrogen and oxygen atoms in total. The summed E-state index contributed by atoms with van der Waals surface area (Å²) in [5.41, 5.74) is 7.05. The van der Waals surface area contributed by atoms with Crippen LogP contribution in [0.2, 0.25) is 0 Å². The third kappa shape index (κ3) is 3.30. The van der Waals surface area contributed by atoms with Crippen LogP contribution in [0.1, 0.15) is 24.8 Å². The number of rotatable bonds is 3. The molecular weight excluding hydrogens is 254 g/mol. The van der Waals surface area contributed by atoms with Crippen molar-refractivity contribution in [3.63, 3.8) is 0 Å². The summed E-state index contributed by atoms with van der Waals surface area (Å²) in [6.45, 7) is 0.699. The molecule has 0 saturated heterocycles. The van der Waals surface area contributed by atoms with E-state index in [-0.39, 0.29) is 0 Å². The largest absolute Gasteiger partial charge is 0.373 e. The third-order valence-electron chi connectivity index (χ3n) is 2.82. The first-order valence-corrected chi connectivity index (χ1v) is 6.15. The van der Waals surface area contributed by atoms with Gasteiger partial charge in [-0.2, -0.15) is 0 Å². The fourth-order valence-corrected chi connectivity index (χ4v) is 2.18. The van der Waals surface area contributed by atoms with E-state index in [1.54, 1.807) is 0 Å². The van der Waals surface area contributed by atoms with E-state index in [1.165, 1.54) is 5.56 Å². The summed E-state index contributed by atoms with van der Waals surface area (Å²) in [4.78, 5) is 0. The Morgan fingerprint density at radius 2 is 2.00 bits per heavy atom. The highest BCUT2D eigenvalue weighted by Gasteiger charge is 2.21. The van der Waals surface area contributed by atoms with Crippen LogP contribution in [0.3, 0.4) is 0 Å². The molecule has 15 heavy (non-hydrogen) atoms. The van der Waals surface area contributed by atoms with Crippen LogP contribution in [0.4, 0.5) is 0 Å². The quantitative estimate of drug-likeness (QED) is 0.916. The van der Waals surface area contributed by atoms with Gasteiger partial charge in [-0.3, -0.25) is 0 Å². The van der Waals surface area contributed by atoms with Gasteiger partial charge in [-0.05, 0) is 37.0 Å². The molecule has 2 unspecified atom stereocenters. The van der Waals surface area contributed by atoms with E-state index in [1.807, 2.05) is 12.1 Å². The van der Waals surface area contributed by atoms with Gasteiger partial charge >= 0.3 is 0 Å². The fraction of sp³-hybridized carbons (Fsp3) is 0.500. The van der Waals surface area contributed by atoms with Gasteiger partial charge in [0.25, 0.3) is 0 Å². The molecule has 82 valence electrons. The van der Waals surface area contributed by atoms with Gasteiger partial charge in [-0.25, -0.2) is 0 Å². The highest BCUT2D eigenvalue weighted by atomic mass is 79.9. The molecule has 0 radical (unpaired) electrons. The topological polar surface area (TPSA) is 35.2 Å². The number of ether oxygens (including phenoxy) is 1. The van der Waals surface area contributed by atoms with Crippen LogP contribution in [0.5, 0.6) is 0 Å². The molecule has 2 atom stereocenters. The molecule has 1 saturated carbocycles. The van der Waals surface area contributed by atoms with Crippen LogP contribution in [0, 0.1) is 0 Å². The minimum Gasteiger partial charge on any atom is -0.373 e. The van der Waals surface area contributed by atoms with Gasteiger partial charge < -0.3 is 10.5 Å². The van der Waals surface area contributed by atoms with E-state index in [0.717, 1.165) is 23.7 Å². The zero-order valence-corrected chi connectivity index (χ0v) is 10.2. The predicted octanol–water partition coefficient (Wildman–Crippen LogP) is 2.85. The molecular formula is C12H16BrNO. The van der Waals surface area contributed by atoms with Gasteiger partial charge in [-0.1, -0.05) is 28.1 Å². The first-order chi connectivity index (χ1) is 7.24. The molecule has 0 aromatic heterocycles. The molecule has 1 aliphatic rings. The number of hydrogen-bond acceptors (Lipinski definition) is 2. The lowest BCUT2D eigenvalue weighted by molar-refractivity contribution is 0.0448. The van der Waals surface area contributed by atoms with Crippen LogP contribution >= 0.6 is 15.9 Å². The van der Waals surface area contributed by atoms with Crippen molar-refractivity contribution >= 4 is 15.9 Å². The van der Waals surface area contributed by atoms with Crippen molar-refractivity contribution in [3.8, 4) is 0 Å². The van der Waals surface area contributed by atoms with Gasteiger partial charge in [-0.15, -0.1) is 0 Å². The standard InChI is InChI=1S/C12H16BrNO/c13-10-3-1-9(2-4-10)8-15-12-6-5-11(14)7-12/h1-4,11-12H,5-8,14H2. The summed E-state index contributed by atoms with van der Waals surface area (Å²) in [6, 6.07) is 8.59. The Balaban J connectivity index is 1.80. The van der Waals surface area contributed by atoms with Crippen molar-refractivity contribution in [2.75, 3.05) is 0 Å². The Labute approximate surface area is 98.9 Å². The average molecular weight is 270 g/mol. The lowest BCUT2D eigenvalue weighted by atomic mass is 10.2. The third-order valence-corrected chi connectivity index (χ3v) is 3.35. The number of benzene rings is 1. The van der Waals surface area contributed by atoms with E-state index in [0.29, 0.717) is 18.8 Å². The second-order valence-corrected chi connectivity index (χ2v) is 5.05. The van der Waals surface area contributed by atoms with Crippen molar-refractivity contribution in [2.45, 2.75) is 38.0 Å². The van der Waals surface area contributed by atoms with Gasteiger partial charge in [0.05, 0.1) is 12.7 Å². The minimum absolute atomic E-state index is 0.347. The molecule has 1 aromatic rings. The predicted molar refractivity (Wildman–Crippen MR) is 64.5 cm³/mol. The molecule has 0 heterocycles. The summed E-state index contributed by atoms with van der Waals surface area (Å²) in [6.07, 6.45) is 3.59. The van der Waals surface area contributed by atoms with Gasteiger partial charge in [0.2, 0.25) is 0 Å². The van der Waals surface area contributed by atoms with Gasteiger partial charge in [0.15, 0.2) is 0 Å². The number of hydrogen-bond donors (Lipinski definition) is 1. The first-order valence-electron chi connectivity index (χ1n) is 5.35. The van der Waals surface area contributed by atoms with Crippen molar-refractivity contribution in [1.29, 1.82) is 0 Å². The van der Waals surface area contributed by atoms with E-state index >= 15 is 0 Å². The highest BCUT2D eigenvalue weighted by molar-refractivity contribution is 9.10. The highest BCUT2D eigenvalue weighted by Crippen LogP contribution is 2.21. The molecule has 2 N–H and O–H groups in total. The second kappa shape index (κ2) is 5.10. The zero-order chi connectivity index (χ0) is 10.7. The smallest absolute Gasteiger partial charge is 0.0720 e. The summed E-state index contributed by atoms with van der Waals surface area (Å²) < 4.78 is 6.91. The van der Waals surface area contributed by atoms with Crippen LogP contribution in [0.15, 0.2) is 28.7 Å². The SMILES string of the molecule is NC1CCC(OCc2ccc(Br)cc2)C1. The Morgan fingerprint density at radius 1 is 1.27 bits per heavy atom. The molecule has 1 aromatic carbocycles. The first kappa shape index (κ1) is 11.1. The van der Waals surface area contributed by atoms with Crippen LogP contribution in [-0.2, 0) is 11.3 Å². The van der Waals surface area contributed by atoms with Crippen LogP contribution in [-0.4, -0.2) is 12.1 Å². The van der Waals surface area contributed by atoms with Crippen molar-refractivity contribution in [2.24, 2.45) is 5.73 Å². The lowest BCUT2D eigenvalue weighted by Crippen LogP contribution is -2.17. The van der Waals surface area contributed by atoms with E-state index < -0.39 is 0 Å². The normalized spacial score (nSPS) is 25.7. The average Bonchev–Trinajstić information content (AvgIpc) is 2.64. The molecule has 0 spiro atoms. The molecule has 1 fully saturated rings. The van der Waals surface area contributed by atoms with E-state index in [4.69, 9.17) is 10.5 Å². The Bertz CT molecular complexity index is 312.